The minimum absolute atomic E-state index is 0.151. The Morgan fingerprint density at radius 3 is 1.96 bits per heavy atom. The lowest BCUT2D eigenvalue weighted by atomic mass is 9.77. The molecular formula is C66H86ClFN8O17S2. The number of nitrogens with zero attached hydrogens (tertiary/aromatic N) is 7. The van der Waals surface area contributed by atoms with Crippen molar-refractivity contribution < 1.29 is 87.1 Å². The Balaban J connectivity index is 0.625. The molecule has 8 rings (SSSR count). The molecule has 95 heavy (non-hydrogen) atoms. The van der Waals surface area contributed by atoms with Crippen molar-refractivity contribution in [2.75, 3.05) is 149 Å². The summed E-state index contributed by atoms with van der Waals surface area (Å²) in [6, 6.07) is 16.7. The molecule has 1 unspecified atom stereocenters. The van der Waals surface area contributed by atoms with Crippen LogP contribution in [0.15, 0.2) is 119 Å². The van der Waals surface area contributed by atoms with Crippen molar-refractivity contribution in [3.63, 3.8) is 0 Å². The number of rotatable bonds is 42. The summed E-state index contributed by atoms with van der Waals surface area (Å²) < 4.78 is 144. The first-order valence-corrected chi connectivity index (χ1v) is 34.8. The fourth-order valence-electron chi connectivity index (χ4n) is 11.4. The van der Waals surface area contributed by atoms with Gasteiger partial charge >= 0.3 is 0 Å². The summed E-state index contributed by atoms with van der Waals surface area (Å²) >= 11 is 6.17. The molecular weight excluding hydrogens is 1300 g/mol. The molecule has 0 radical (unpaired) electrons. The molecule has 518 valence electrons. The number of nitrogens with one attached hydrogen (secondary N) is 1. The molecule has 3 aliphatic heterocycles. The summed E-state index contributed by atoms with van der Waals surface area (Å²) in [6.07, 6.45) is 12.3. The summed E-state index contributed by atoms with van der Waals surface area (Å²) in [6.45, 7) is 18.3. The van der Waals surface area contributed by atoms with E-state index in [1.54, 1.807) is 31.5 Å². The van der Waals surface area contributed by atoms with Crippen LogP contribution in [-0.4, -0.2) is 207 Å². The van der Waals surface area contributed by atoms with E-state index in [-0.39, 0.29) is 39.9 Å². The lowest BCUT2D eigenvalue weighted by Crippen LogP contribution is -2.55. The third-order valence-corrected chi connectivity index (χ3v) is 18.2. The molecule has 0 aliphatic carbocycles. The molecule has 1 atom stereocenters. The molecule has 1 amide bonds. The van der Waals surface area contributed by atoms with Gasteiger partial charge in [-0.2, -0.15) is 13.0 Å². The van der Waals surface area contributed by atoms with Crippen molar-refractivity contribution in [2.24, 2.45) is 0 Å². The average Bonchev–Trinajstić information content (AvgIpc) is 1.60. The zero-order valence-corrected chi connectivity index (χ0v) is 56.9. The molecule has 5 aromatic rings. The first-order chi connectivity index (χ1) is 45.7. The van der Waals surface area contributed by atoms with Gasteiger partial charge in [-0.05, 0) is 108 Å². The number of pyridine rings is 1. The zero-order valence-electron chi connectivity index (χ0n) is 54.5. The van der Waals surface area contributed by atoms with Crippen LogP contribution in [0.1, 0.15) is 70.8 Å². The SMILES string of the molecule is CCN1\C(=C/C=C/C=C/C2=[N+](CC)c3cc(S(=O)(=O)[O-])ccc3C2(C)C)C(C)(CCCC(=O)NCCOCCOCCOCCOCCOCCOCCOCCOCc2nnc(N3CC(Oc4ccc(F)cc4Cl)C3)n2-c2ccc(OC)nc2)c2cc(S(=O)(=O)O)ccc21. The Morgan fingerprint density at radius 1 is 0.768 bits per heavy atom. The van der Waals surface area contributed by atoms with E-state index < -0.39 is 36.9 Å². The van der Waals surface area contributed by atoms with E-state index in [9.17, 15) is 35.1 Å². The Bertz CT molecular complexity index is 3720. The molecule has 0 saturated carbocycles. The number of methoxy groups -OCH3 is 1. The average molecular weight is 1380 g/mol. The largest absolute Gasteiger partial charge is 0.744 e. The van der Waals surface area contributed by atoms with Gasteiger partial charge in [-0.3, -0.25) is 13.9 Å². The number of hydrogen-bond donors (Lipinski definition) is 2. The number of fused-ring (bicyclic) bond motifs is 2. The number of amides is 1. The second-order valence-electron chi connectivity index (χ2n) is 23.0. The molecule has 1 fully saturated rings. The number of benzene rings is 3. The molecule has 0 bridgehead atoms. The van der Waals surface area contributed by atoms with Crippen LogP contribution in [0.5, 0.6) is 11.6 Å². The van der Waals surface area contributed by atoms with Crippen LogP contribution in [0.2, 0.25) is 5.02 Å². The number of carbonyl (C=O) groups is 1. The molecule has 0 spiro atoms. The quantitative estimate of drug-likeness (QED) is 0.0164. The molecule has 2 aromatic heterocycles. The molecule has 3 aromatic carbocycles. The highest BCUT2D eigenvalue weighted by Crippen LogP contribution is 2.51. The lowest BCUT2D eigenvalue weighted by molar-refractivity contribution is -0.433. The number of aromatic nitrogens is 4. The highest BCUT2D eigenvalue weighted by atomic mass is 35.5. The third kappa shape index (κ3) is 20.2. The maximum atomic E-state index is 13.5. The summed E-state index contributed by atoms with van der Waals surface area (Å²) in [4.78, 5) is 21.0. The van der Waals surface area contributed by atoms with Crippen molar-refractivity contribution >= 4 is 60.8 Å². The van der Waals surface area contributed by atoms with Crippen molar-refractivity contribution in [1.29, 1.82) is 0 Å². The van der Waals surface area contributed by atoms with E-state index in [1.165, 1.54) is 42.5 Å². The summed E-state index contributed by atoms with van der Waals surface area (Å²) in [5, 5.41) is 12.0. The molecule has 25 nitrogen and oxygen atoms in total. The van der Waals surface area contributed by atoms with Gasteiger partial charge in [0.2, 0.25) is 23.4 Å². The predicted molar refractivity (Wildman–Crippen MR) is 352 cm³/mol. The number of halogens is 2. The molecule has 5 heterocycles. The number of likely N-dealkylation sites (N-methyl/N-ethyl adjacent to an activating group) is 1. The van der Waals surface area contributed by atoms with Crippen molar-refractivity contribution in [3.8, 4) is 17.3 Å². The fourth-order valence-corrected chi connectivity index (χ4v) is 12.6. The van der Waals surface area contributed by atoms with Gasteiger partial charge in [-0.15, -0.1) is 10.2 Å². The van der Waals surface area contributed by atoms with Crippen LogP contribution in [0, 0.1) is 5.82 Å². The van der Waals surface area contributed by atoms with E-state index in [0.29, 0.717) is 174 Å². The lowest BCUT2D eigenvalue weighted by Gasteiger charge is -2.39. The van der Waals surface area contributed by atoms with E-state index >= 15 is 0 Å². The third-order valence-electron chi connectivity index (χ3n) is 16.2. The Kier molecular flexibility index (Phi) is 27.6. The highest BCUT2D eigenvalue weighted by Gasteiger charge is 2.45. The van der Waals surface area contributed by atoms with Gasteiger partial charge < -0.3 is 67.0 Å². The van der Waals surface area contributed by atoms with E-state index in [2.05, 4.69) is 25.4 Å². The number of anilines is 2. The molecule has 3 aliphatic rings. The predicted octanol–water partition coefficient (Wildman–Crippen LogP) is 7.69. The number of carbonyl (C=O) groups excluding carboxylic acids is 1. The van der Waals surface area contributed by atoms with Crippen LogP contribution >= 0.6 is 11.6 Å². The molecule has 1 saturated heterocycles. The maximum Gasteiger partial charge on any atom is 0.294 e. The first kappa shape index (κ1) is 74.0. The van der Waals surface area contributed by atoms with Gasteiger partial charge in [0.05, 0.1) is 151 Å². The van der Waals surface area contributed by atoms with Crippen LogP contribution in [-0.2, 0) is 80.4 Å². The minimum atomic E-state index is -4.64. The Labute approximate surface area is 560 Å². The van der Waals surface area contributed by atoms with Gasteiger partial charge in [-0.1, -0.05) is 35.9 Å². The minimum Gasteiger partial charge on any atom is -0.744 e. The first-order valence-electron chi connectivity index (χ1n) is 31.6. The van der Waals surface area contributed by atoms with Gasteiger partial charge in [0, 0.05) is 60.1 Å². The smallest absolute Gasteiger partial charge is 0.294 e. The molecule has 2 N–H and O–H groups in total. The van der Waals surface area contributed by atoms with Crippen molar-refractivity contribution in [3.05, 3.63) is 137 Å². The van der Waals surface area contributed by atoms with Crippen LogP contribution < -0.4 is 24.6 Å². The second kappa shape index (κ2) is 35.5. The Hall–Kier alpha value is -6.77. The van der Waals surface area contributed by atoms with Gasteiger partial charge in [-0.25, -0.2) is 17.8 Å². The summed E-state index contributed by atoms with van der Waals surface area (Å²) in [5.41, 5.74) is 4.45. The normalized spacial score (nSPS) is 16.8. The monoisotopic (exact) mass is 1380 g/mol. The summed E-state index contributed by atoms with van der Waals surface area (Å²) in [7, 11) is -7.59. The van der Waals surface area contributed by atoms with Gasteiger partial charge in [0.25, 0.3) is 10.1 Å². The number of ether oxygens (including phenoxy) is 10. The zero-order chi connectivity index (χ0) is 68.0. The van der Waals surface area contributed by atoms with Crippen LogP contribution in [0.4, 0.5) is 21.7 Å². The highest BCUT2D eigenvalue weighted by molar-refractivity contribution is 7.86. The van der Waals surface area contributed by atoms with Gasteiger partial charge in [0.1, 0.15) is 40.9 Å². The maximum absolute atomic E-state index is 13.5. The second-order valence-corrected chi connectivity index (χ2v) is 26.2. The van der Waals surface area contributed by atoms with Crippen LogP contribution in [0.3, 0.4) is 0 Å². The van der Waals surface area contributed by atoms with E-state index in [4.69, 9.17) is 59.0 Å². The Morgan fingerprint density at radius 2 is 1.39 bits per heavy atom. The van der Waals surface area contributed by atoms with Gasteiger partial charge in [0.15, 0.2) is 11.5 Å². The van der Waals surface area contributed by atoms with E-state index in [0.717, 1.165) is 33.9 Å². The van der Waals surface area contributed by atoms with Crippen LogP contribution in [0.25, 0.3) is 5.69 Å². The fraction of sp³-hybridized carbons (Fsp3) is 0.500. The van der Waals surface area contributed by atoms with Crippen molar-refractivity contribution in [1.82, 2.24) is 25.1 Å². The summed E-state index contributed by atoms with van der Waals surface area (Å²) in [5.74, 6) is 1.46. The number of hydrogen-bond acceptors (Lipinski definition) is 21. The standard InChI is InChI=1S/C66H86ClFN8O17S2/c1-7-74-56-21-19-51(94(78,79)80)42-54(56)66(5,60(74)14-11-9-10-13-59-65(3,4)53-20-18-52(95(81,82)83)43-57(53)75(59)8-2)24-12-15-62(77)69-25-26-85-27-28-86-29-30-87-31-32-88-33-34-89-35-36-90-37-38-91-39-40-92-47-61-71-72-64(76(61)49-17-23-63(84-6)70-44-49)73-45-50(46-73)93-58-22-16-48(68)41-55(58)67/h9-11,13-14,16-23,41-44,50H,7-8,12,15,24-40,45-47H2,1-6H3,(H2-,69,77,78,79,80,81,82,83). The topological polar surface area (TPSA) is 286 Å². The molecule has 29 heteroatoms. The number of allylic oxidation sites excluding steroid dienone is 6. The van der Waals surface area contributed by atoms with Crippen molar-refractivity contribution in [2.45, 2.75) is 87.2 Å². The van der Waals surface area contributed by atoms with E-state index in [1.807, 2.05) is 85.1 Å².